The molecule has 6 heteroatoms. The minimum absolute atomic E-state index is 0.0253. The van der Waals surface area contributed by atoms with Crippen molar-refractivity contribution in [3.63, 3.8) is 0 Å². The van der Waals surface area contributed by atoms with Crippen molar-refractivity contribution in [3.8, 4) is 29.7 Å². The van der Waals surface area contributed by atoms with E-state index in [-0.39, 0.29) is 17.2 Å². The number of rotatable bonds is 4. The lowest BCUT2D eigenvalue weighted by atomic mass is 9.55. The molecule has 3 atom stereocenters. The number of fused-ring (bicyclic) bond motifs is 1. The van der Waals surface area contributed by atoms with Gasteiger partial charge in [0.15, 0.2) is 5.41 Å². The molecular formula is C23H24N4O2. The van der Waals surface area contributed by atoms with Crippen molar-refractivity contribution in [1.82, 2.24) is 0 Å². The van der Waals surface area contributed by atoms with Gasteiger partial charge in [-0.3, -0.25) is 0 Å². The van der Waals surface area contributed by atoms with Crippen LogP contribution >= 0.6 is 0 Å². The zero-order chi connectivity index (χ0) is 21.2. The summed E-state index contributed by atoms with van der Waals surface area (Å²) >= 11 is 0. The Bertz CT molecular complexity index is 989. The molecule has 0 bridgehead atoms. The number of hydrogen-bond donors (Lipinski definition) is 1. The van der Waals surface area contributed by atoms with Crippen LogP contribution in [0.5, 0.6) is 11.5 Å². The summed E-state index contributed by atoms with van der Waals surface area (Å²) in [5.74, 6) is 0.831. The summed E-state index contributed by atoms with van der Waals surface area (Å²) in [5.41, 5.74) is 6.52. The van der Waals surface area contributed by atoms with Crippen LogP contribution in [0.15, 0.2) is 41.1 Å². The summed E-state index contributed by atoms with van der Waals surface area (Å²) in [5, 5.41) is 30.1. The van der Waals surface area contributed by atoms with Crippen molar-refractivity contribution in [2.45, 2.75) is 32.1 Å². The van der Waals surface area contributed by atoms with Crippen molar-refractivity contribution in [3.05, 3.63) is 46.7 Å². The van der Waals surface area contributed by atoms with Gasteiger partial charge >= 0.3 is 0 Å². The Hall–Kier alpha value is -3.43. The SMILES string of the molecule is CC[C@@H]1CC=C2C(C#N)=C(N)C(C#N)(C#N)[C@@H](c3cc(OC)ccc3OC)[C@H]2C1. The molecule has 0 radical (unpaired) electrons. The zero-order valence-electron chi connectivity index (χ0n) is 16.9. The van der Waals surface area contributed by atoms with Gasteiger partial charge in [-0.1, -0.05) is 19.4 Å². The largest absolute Gasteiger partial charge is 0.497 e. The van der Waals surface area contributed by atoms with E-state index >= 15 is 0 Å². The van der Waals surface area contributed by atoms with Crippen LogP contribution in [0.2, 0.25) is 0 Å². The van der Waals surface area contributed by atoms with Crippen molar-refractivity contribution in [1.29, 1.82) is 15.8 Å². The topological polar surface area (TPSA) is 116 Å². The fourth-order valence-corrected chi connectivity index (χ4v) is 4.73. The molecule has 0 saturated heterocycles. The molecule has 1 aromatic carbocycles. The van der Waals surface area contributed by atoms with E-state index in [4.69, 9.17) is 15.2 Å². The van der Waals surface area contributed by atoms with Gasteiger partial charge in [0.2, 0.25) is 0 Å². The van der Waals surface area contributed by atoms with Gasteiger partial charge in [-0.25, -0.2) is 0 Å². The molecule has 6 nitrogen and oxygen atoms in total. The fourth-order valence-electron chi connectivity index (χ4n) is 4.73. The first kappa shape index (κ1) is 20.3. The number of benzene rings is 1. The molecule has 0 unspecified atom stereocenters. The van der Waals surface area contributed by atoms with Gasteiger partial charge in [0.1, 0.15) is 17.6 Å². The normalized spacial score (nSPS) is 25.0. The second kappa shape index (κ2) is 7.90. The number of ether oxygens (including phenoxy) is 2. The minimum Gasteiger partial charge on any atom is -0.497 e. The minimum atomic E-state index is -1.66. The highest BCUT2D eigenvalue weighted by Gasteiger charge is 2.55. The molecule has 0 heterocycles. The van der Waals surface area contributed by atoms with Gasteiger partial charge in [0.05, 0.1) is 37.6 Å². The first-order valence-corrected chi connectivity index (χ1v) is 9.66. The fraction of sp³-hybridized carbons (Fsp3) is 0.435. The Morgan fingerprint density at radius 3 is 2.45 bits per heavy atom. The van der Waals surface area contributed by atoms with E-state index < -0.39 is 11.3 Å². The number of nitrogens with zero attached hydrogens (tertiary/aromatic N) is 3. The number of allylic oxidation sites excluding steroid dienone is 4. The Kier molecular flexibility index (Phi) is 5.53. The third-order valence-corrected chi connectivity index (χ3v) is 6.32. The maximum Gasteiger partial charge on any atom is 0.191 e. The molecule has 2 aliphatic rings. The number of nitrogens with two attached hydrogens (primary N) is 1. The predicted molar refractivity (Wildman–Crippen MR) is 107 cm³/mol. The summed E-state index contributed by atoms with van der Waals surface area (Å²) in [4.78, 5) is 0. The smallest absolute Gasteiger partial charge is 0.191 e. The van der Waals surface area contributed by atoms with E-state index in [1.165, 1.54) is 0 Å². The Labute approximate surface area is 171 Å². The standard InChI is InChI=1S/C23H24N4O2/c1-4-14-5-7-16-17(9-14)21(18-10-15(28-2)6-8-20(18)29-3)23(12-25,13-26)22(27)19(16)11-24/h6-8,10,14,17,21H,4-5,9,27H2,1-3H3/t14-,17+,21-/m1/s1. The molecule has 0 aliphatic heterocycles. The lowest BCUT2D eigenvalue weighted by molar-refractivity contribution is 0.264. The summed E-state index contributed by atoms with van der Waals surface area (Å²) in [7, 11) is 3.12. The van der Waals surface area contributed by atoms with Crippen molar-refractivity contribution >= 4 is 0 Å². The number of methoxy groups -OCH3 is 2. The molecule has 0 aromatic heterocycles. The average Bonchev–Trinajstić information content (AvgIpc) is 2.77. The lowest BCUT2D eigenvalue weighted by Crippen LogP contribution is -2.43. The summed E-state index contributed by atoms with van der Waals surface area (Å²) < 4.78 is 11.0. The van der Waals surface area contributed by atoms with Crippen molar-refractivity contribution in [2.24, 2.45) is 23.0 Å². The molecule has 0 amide bonds. The van der Waals surface area contributed by atoms with Crippen LogP contribution in [0.25, 0.3) is 0 Å². The Morgan fingerprint density at radius 1 is 1.17 bits per heavy atom. The van der Waals surface area contributed by atoms with E-state index in [0.29, 0.717) is 23.0 Å². The third-order valence-electron chi connectivity index (χ3n) is 6.32. The Balaban J connectivity index is 2.37. The van der Waals surface area contributed by atoms with Crippen LogP contribution in [0, 0.1) is 51.2 Å². The highest BCUT2D eigenvalue weighted by Crippen LogP contribution is 2.58. The first-order valence-electron chi connectivity index (χ1n) is 9.66. The van der Waals surface area contributed by atoms with E-state index in [9.17, 15) is 15.8 Å². The van der Waals surface area contributed by atoms with Crippen LogP contribution in [-0.2, 0) is 0 Å². The second-order valence-electron chi connectivity index (χ2n) is 7.53. The monoisotopic (exact) mass is 388 g/mol. The highest BCUT2D eigenvalue weighted by molar-refractivity contribution is 5.61. The average molecular weight is 388 g/mol. The molecule has 2 N–H and O–H groups in total. The van der Waals surface area contributed by atoms with Crippen LogP contribution in [-0.4, -0.2) is 14.2 Å². The van der Waals surface area contributed by atoms with E-state index in [0.717, 1.165) is 24.8 Å². The zero-order valence-corrected chi connectivity index (χ0v) is 16.9. The molecule has 29 heavy (non-hydrogen) atoms. The maximum absolute atomic E-state index is 10.2. The second-order valence-corrected chi connectivity index (χ2v) is 7.53. The van der Waals surface area contributed by atoms with Crippen molar-refractivity contribution in [2.75, 3.05) is 14.2 Å². The molecule has 1 aromatic rings. The quantitative estimate of drug-likeness (QED) is 0.835. The van der Waals surface area contributed by atoms with Gasteiger partial charge in [0, 0.05) is 11.5 Å². The molecule has 0 fully saturated rings. The van der Waals surface area contributed by atoms with Gasteiger partial charge in [-0.2, -0.15) is 15.8 Å². The van der Waals surface area contributed by atoms with Crippen LogP contribution < -0.4 is 15.2 Å². The predicted octanol–water partition coefficient (Wildman–Crippen LogP) is 3.93. The molecule has 148 valence electrons. The Morgan fingerprint density at radius 2 is 1.90 bits per heavy atom. The van der Waals surface area contributed by atoms with E-state index in [1.807, 2.05) is 6.07 Å². The lowest BCUT2D eigenvalue weighted by Gasteiger charge is -2.45. The van der Waals surface area contributed by atoms with E-state index in [1.54, 1.807) is 26.4 Å². The molecule has 0 spiro atoms. The van der Waals surface area contributed by atoms with Crippen LogP contribution in [0.3, 0.4) is 0 Å². The molecular weight excluding hydrogens is 364 g/mol. The highest BCUT2D eigenvalue weighted by atomic mass is 16.5. The van der Waals surface area contributed by atoms with Gasteiger partial charge in [-0.15, -0.1) is 0 Å². The first-order chi connectivity index (χ1) is 14.0. The van der Waals surface area contributed by atoms with Gasteiger partial charge in [-0.05, 0) is 48.4 Å². The number of hydrogen-bond acceptors (Lipinski definition) is 6. The molecule has 3 rings (SSSR count). The third kappa shape index (κ3) is 3.00. The van der Waals surface area contributed by atoms with E-state index in [2.05, 4.69) is 31.2 Å². The maximum atomic E-state index is 10.2. The summed E-state index contributed by atoms with van der Waals surface area (Å²) in [6, 6.07) is 11.9. The van der Waals surface area contributed by atoms with Gasteiger partial charge < -0.3 is 15.2 Å². The van der Waals surface area contributed by atoms with Gasteiger partial charge in [0.25, 0.3) is 0 Å². The van der Waals surface area contributed by atoms with Crippen LogP contribution in [0.4, 0.5) is 0 Å². The molecule has 0 saturated carbocycles. The summed E-state index contributed by atoms with van der Waals surface area (Å²) in [6.45, 7) is 2.13. The summed E-state index contributed by atoms with van der Waals surface area (Å²) in [6.07, 6.45) is 4.67. The number of nitriles is 3. The van der Waals surface area contributed by atoms with Crippen molar-refractivity contribution < 1.29 is 9.47 Å². The molecule has 2 aliphatic carbocycles. The van der Waals surface area contributed by atoms with Crippen LogP contribution in [0.1, 0.15) is 37.7 Å².